The van der Waals surface area contributed by atoms with Crippen LogP contribution in [0.15, 0.2) is 127 Å². The smallest absolute Gasteiger partial charge is 0.270 e. The van der Waals surface area contributed by atoms with Gasteiger partial charge in [-0.15, -0.1) is 0 Å². The lowest BCUT2D eigenvalue weighted by Crippen LogP contribution is -2.48. The largest absolute Gasteiger partial charge is 0.346 e. The fourth-order valence-electron chi connectivity index (χ4n) is 9.74. The quantitative estimate of drug-likeness (QED) is 0.137. The number of carbonyl (C=O) groups is 2. The van der Waals surface area contributed by atoms with E-state index in [2.05, 4.69) is 149 Å². The molecule has 0 aliphatic heterocycles. The van der Waals surface area contributed by atoms with Gasteiger partial charge in [-0.05, 0) is 131 Å². The molecule has 7 nitrogen and oxygen atoms in total. The molecule has 2 saturated carbocycles. The minimum absolute atomic E-state index is 0.0123. The van der Waals surface area contributed by atoms with Crippen LogP contribution in [0.25, 0.3) is 43.1 Å². The number of rotatable bonds is 10. The second-order valence-electron chi connectivity index (χ2n) is 16.0. The van der Waals surface area contributed by atoms with Crippen LogP contribution in [0.3, 0.4) is 0 Å². The third-order valence-corrected chi connectivity index (χ3v) is 12.5. The molecular weight excluding hydrogens is 691 g/mol. The number of amides is 2. The molecule has 0 spiro atoms. The third-order valence-electron chi connectivity index (χ3n) is 12.5. The van der Waals surface area contributed by atoms with Crippen LogP contribution in [-0.2, 0) is 13.1 Å². The van der Waals surface area contributed by atoms with Crippen LogP contribution < -0.4 is 10.6 Å². The highest BCUT2D eigenvalue weighted by Crippen LogP contribution is 2.34. The van der Waals surface area contributed by atoms with E-state index in [9.17, 15) is 9.59 Å². The predicted molar refractivity (Wildman–Crippen MR) is 228 cm³/mol. The first kappa shape index (κ1) is 36.0. The van der Waals surface area contributed by atoms with Gasteiger partial charge in [0.1, 0.15) is 11.4 Å². The zero-order valence-electron chi connectivity index (χ0n) is 32.2. The van der Waals surface area contributed by atoms with Gasteiger partial charge in [-0.3, -0.25) is 19.4 Å². The van der Waals surface area contributed by atoms with Crippen molar-refractivity contribution in [3.8, 4) is 0 Å². The maximum Gasteiger partial charge on any atom is 0.270 e. The molecule has 1 aromatic heterocycles. The molecular formula is C49H49N5O2. The Morgan fingerprint density at radius 1 is 0.518 bits per heavy atom. The summed E-state index contributed by atoms with van der Waals surface area (Å²) in [6, 6.07) is 44.5. The van der Waals surface area contributed by atoms with Gasteiger partial charge in [0.25, 0.3) is 11.8 Å². The van der Waals surface area contributed by atoms with Crippen molar-refractivity contribution in [1.82, 2.24) is 25.4 Å². The molecule has 0 radical (unpaired) electrons. The van der Waals surface area contributed by atoms with Crippen molar-refractivity contribution in [2.45, 2.75) is 75.8 Å². The van der Waals surface area contributed by atoms with Crippen molar-refractivity contribution >= 4 is 54.9 Å². The van der Waals surface area contributed by atoms with E-state index in [1.54, 1.807) is 18.2 Å². The molecule has 2 aliphatic carbocycles. The zero-order chi connectivity index (χ0) is 38.2. The highest BCUT2D eigenvalue weighted by Gasteiger charge is 2.34. The SMILES string of the molecule is CN(Cc1c2ccccc2cc2ccccc12)[C@H]1CCC[C@@H]1NC(=O)c1cccc(C(=O)N[C@H]2CCC[C@@H]2N(C)Cc2c3ccccc3cc3ccccc23)n1. The topological polar surface area (TPSA) is 77.6 Å². The lowest BCUT2D eigenvalue weighted by atomic mass is 9.96. The number of pyridine rings is 1. The Hall–Kier alpha value is -5.63. The molecule has 2 N–H and O–H groups in total. The molecule has 0 bridgehead atoms. The average Bonchev–Trinajstić information content (AvgIpc) is 3.90. The number of benzene rings is 6. The standard InChI is InChI=1S/C49H49N5O2/c1-53(30-40-36-18-7-3-14-32(36)28-33-15-4-8-19-37(33)40)46-26-12-22-42(46)51-48(55)44-24-11-25-45(50-44)49(56)52-43-23-13-27-47(43)54(2)31-41-38-20-9-5-16-34(38)29-35-17-6-10-21-39(35)41/h3-11,14-21,24-25,28-29,42-43,46-47H,12-13,22-23,26-27,30-31H2,1-2H3,(H,51,55)(H,52,56)/t42-,43-,46-,47-/m0/s1. The molecule has 0 unspecified atom stereocenters. The van der Waals surface area contributed by atoms with Gasteiger partial charge in [0.15, 0.2) is 0 Å². The summed E-state index contributed by atoms with van der Waals surface area (Å²) < 4.78 is 0. The average molecular weight is 740 g/mol. The van der Waals surface area contributed by atoms with E-state index in [0.29, 0.717) is 0 Å². The summed E-state index contributed by atoms with van der Waals surface area (Å²) >= 11 is 0. The Labute approximate surface area is 328 Å². The molecule has 1 heterocycles. The number of hydrogen-bond acceptors (Lipinski definition) is 5. The molecule has 4 atom stereocenters. The number of hydrogen-bond donors (Lipinski definition) is 2. The Kier molecular flexibility index (Phi) is 9.96. The maximum absolute atomic E-state index is 13.8. The van der Waals surface area contributed by atoms with Gasteiger partial charge in [0.2, 0.25) is 0 Å². The van der Waals surface area contributed by atoms with Gasteiger partial charge >= 0.3 is 0 Å². The normalized spacial score (nSPS) is 19.8. The summed E-state index contributed by atoms with van der Waals surface area (Å²) in [6.45, 7) is 1.56. The van der Waals surface area contributed by atoms with Crippen LogP contribution in [0.2, 0.25) is 0 Å². The molecule has 56 heavy (non-hydrogen) atoms. The van der Waals surface area contributed by atoms with Crippen LogP contribution in [0, 0.1) is 0 Å². The van der Waals surface area contributed by atoms with Crippen molar-refractivity contribution in [3.05, 3.63) is 150 Å². The second kappa shape index (κ2) is 15.5. The van der Waals surface area contributed by atoms with Gasteiger partial charge in [-0.25, -0.2) is 4.98 Å². The molecule has 2 fully saturated rings. The van der Waals surface area contributed by atoms with Gasteiger partial charge in [-0.2, -0.15) is 0 Å². The first-order chi connectivity index (χ1) is 27.4. The van der Waals surface area contributed by atoms with Gasteiger partial charge < -0.3 is 10.6 Å². The van der Waals surface area contributed by atoms with Crippen LogP contribution in [0.5, 0.6) is 0 Å². The lowest BCUT2D eigenvalue weighted by Gasteiger charge is -2.31. The predicted octanol–water partition coefficient (Wildman–Crippen LogP) is 9.26. The fraction of sp³-hybridized carbons (Fsp3) is 0.286. The van der Waals surface area contributed by atoms with E-state index in [-0.39, 0.29) is 47.4 Å². The van der Waals surface area contributed by atoms with Crippen molar-refractivity contribution in [2.75, 3.05) is 14.1 Å². The van der Waals surface area contributed by atoms with Gasteiger partial charge in [0, 0.05) is 37.3 Å². The van der Waals surface area contributed by atoms with Crippen LogP contribution >= 0.6 is 0 Å². The van der Waals surface area contributed by atoms with Crippen molar-refractivity contribution in [1.29, 1.82) is 0 Å². The molecule has 0 saturated heterocycles. The highest BCUT2D eigenvalue weighted by atomic mass is 16.2. The summed E-state index contributed by atoms with van der Waals surface area (Å²) in [6.07, 6.45) is 5.91. The number of nitrogens with zero attached hydrogens (tertiary/aromatic N) is 3. The fourth-order valence-corrected chi connectivity index (χ4v) is 9.74. The minimum atomic E-state index is -0.235. The molecule has 7 heteroatoms. The Bertz CT molecular complexity index is 2300. The van der Waals surface area contributed by atoms with E-state index in [0.717, 1.165) is 51.6 Å². The monoisotopic (exact) mass is 739 g/mol. The highest BCUT2D eigenvalue weighted by molar-refractivity contribution is 6.03. The summed E-state index contributed by atoms with van der Waals surface area (Å²) in [7, 11) is 4.35. The summed E-state index contributed by atoms with van der Waals surface area (Å²) in [5.41, 5.74) is 3.18. The second-order valence-corrected chi connectivity index (χ2v) is 16.0. The molecule has 7 aromatic rings. The molecule has 2 aliphatic rings. The number of fused-ring (bicyclic) bond motifs is 4. The van der Waals surface area contributed by atoms with Crippen LogP contribution in [0.1, 0.15) is 70.6 Å². The lowest BCUT2D eigenvalue weighted by molar-refractivity contribution is 0.0901. The number of likely N-dealkylation sites (N-methyl/N-ethyl adjacent to an activating group) is 2. The summed E-state index contributed by atoms with van der Waals surface area (Å²) in [5.74, 6) is -0.470. The number of nitrogens with one attached hydrogen (secondary N) is 2. The third kappa shape index (κ3) is 7.02. The minimum Gasteiger partial charge on any atom is -0.346 e. The molecule has 9 rings (SSSR count). The molecule has 282 valence electrons. The van der Waals surface area contributed by atoms with Crippen molar-refractivity contribution in [3.63, 3.8) is 0 Å². The molecule has 6 aromatic carbocycles. The van der Waals surface area contributed by atoms with Crippen molar-refractivity contribution < 1.29 is 9.59 Å². The van der Waals surface area contributed by atoms with Gasteiger partial charge in [0.05, 0.1) is 0 Å². The summed E-state index contributed by atoms with van der Waals surface area (Å²) in [4.78, 5) is 37.0. The maximum atomic E-state index is 13.8. The number of aromatic nitrogens is 1. The summed E-state index contributed by atoms with van der Waals surface area (Å²) in [5, 5.41) is 16.7. The zero-order valence-corrected chi connectivity index (χ0v) is 32.2. The van der Waals surface area contributed by atoms with E-state index in [4.69, 9.17) is 0 Å². The van der Waals surface area contributed by atoms with Crippen LogP contribution in [0.4, 0.5) is 0 Å². The first-order valence-electron chi connectivity index (χ1n) is 20.2. The van der Waals surface area contributed by atoms with Crippen molar-refractivity contribution in [2.24, 2.45) is 0 Å². The van der Waals surface area contributed by atoms with Crippen LogP contribution in [-0.4, -0.2) is 64.9 Å². The Morgan fingerprint density at radius 3 is 1.25 bits per heavy atom. The number of carbonyl (C=O) groups excluding carboxylic acids is 2. The molecule has 2 amide bonds. The van der Waals surface area contributed by atoms with E-state index in [1.165, 1.54) is 54.2 Å². The Morgan fingerprint density at radius 2 is 0.875 bits per heavy atom. The first-order valence-corrected chi connectivity index (χ1v) is 20.2. The van der Waals surface area contributed by atoms with E-state index < -0.39 is 0 Å². The van der Waals surface area contributed by atoms with Gasteiger partial charge in [-0.1, -0.05) is 103 Å². The van der Waals surface area contributed by atoms with E-state index >= 15 is 0 Å². The Balaban J connectivity index is 0.870. The van der Waals surface area contributed by atoms with E-state index in [1.807, 2.05) is 0 Å².